The Morgan fingerprint density at radius 1 is 1.08 bits per heavy atom. The molecule has 0 saturated carbocycles. The predicted molar refractivity (Wildman–Crippen MR) is 99.4 cm³/mol. The van der Waals surface area contributed by atoms with Gasteiger partial charge in [0.05, 0.1) is 11.9 Å². The van der Waals surface area contributed by atoms with Gasteiger partial charge in [0.1, 0.15) is 0 Å². The van der Waals surface area contributed by atoms with Crippen LogP contribution in [0.3, 0.4) is 0 Å². The molecule has 24 heavy (non-hydrogen) atoms. The maximum atomic E-state index is 12.5. The molecule has 0 aliphatic carbocycles. The lowest BCUT2D eigenvalue weighted by atomic mass is 9.99. The van der Waals surface area contributed by atoms with Gasteiger partial charge in [-0.1, -0.05) is 37.3 Å². The number of carbonyl (C=O) groups excluding carboxylic acids is 1. The Bertz CT molecular complexity index is 899. The Kier molecular flexibility index (Phi) is 4.61. The Balaban J connectivity index is 1.85. The van der Waals surface area contributed by atoms with Crippen LogP contribution in [0, 0.1) is 13.8 Å². The van der Waals surface area contributed by atoms with Crippen LogP contribution >= 0.6 is 0 Å². The first-order chi connectivity index (χ1) is 11.6. The van der Waals surface area contributed by atoms with Gasteiger partial charge in [0.25, 0.3) is 0 Å². The third-order valence-corrected chi connectivity index (χ3v) is 4.44. The molecule has 122 valence electrons. The fourth-order valence-electron chi connectivity index (χ4n) is 3.07. The minimum Gasteiger partial charge on any atom is -0.326 e. The molecule has 2 aromatic carbocycles. The Hall–Kier alpha value is -2.68. The number of benzene rings is 2. The summed E-state index contributed by atoms with van der Waals surface area (Å²) in [6, 6.07) is 16.1. The average molecular weight is 318 g/mol. The third-order valence-electron chi connectivity index (χ3n) is 4.44. The highest BCUT2D eigenvalue weighted by Gasteiger charge is 2.13. The maximum absolute atomic E-state index is 12.5. The van der Waals surface area contributed by atoms with Gasteiger partial charge in [-0.25, -0.2) is 0 Å². The molecule has 0 spiro atoms. The minimum atomic E-state index is -0.00784. The van der Waals surface area contributed by atoms with E-state index >= 15 is 0 Å². The fourth-order valence-corrected chi connectivity index (χ4v) is 3.07. The highest BCUT2D eigenvalue weighted by Crippen LogP contribution is 2.23. The lowest BCUT2D eigenvalue weighted by Gasteiger charge is -2.13. The van der Waals surface area contributed by atoms with E-state index in [4.69, 9.17) is 0 Å². The van der Waals surface area contributed by atoms with Crippen molar-refractivity contribution >= 4 is 22.5 Å². The quantitative estimate of drug-likeness (QED) is 0.764. The summed E-state index contributed by atoms with van der Waals surface area (Å²) < 4.78 is 0. The van der Waals surface area contributed by atoms with Gasteiger partial charge in [-0.05, 0) is 55.2 Å². The third kappa shape index (κ3) is 3.30. The molecule has 0 aliphatic heterocycles. The summed E-state index contributed by atoms with van der Waals surface area (Å²) in [5.74, 6) is -0.00784. The average Bonchev–Trinajstić information content (AvgIpc) is 2.59. The van der Waals surface area contributed by atoms with Gasteiger partial charge in [-0.15, -0.1) is 0 Å². The number of carbonyl (C=O) groups is 1. The highest BCUT2D eigenvalue weighted by molar-refractivity contribution is 5.94. The van der Waals surface area contributed by atoms with Crippen LogP contribution in [0.25, 0.3) is 10.9 Å². The normalized spacial score (nSPS) is 10.8. The van der Waals surface area contributed by atoms with E-state index in [0.29, 0.717) is 6.42 Å². The summed E-state index contributed by atoms with van der Waals surface area (Å²) in [5, 5.41) is 4.11. The van der Waals surface area contributed by atoms with Crippen molar-refractivity contribution in [2.75, 3.05) is 5.32 Å². The van der Waals surface area contributed by atoms with Crippen molar-refractivity contribution in [2.24, 2.45) is 0 Å². The van der Waals surface area contributed by atoms with Gasteiger partial charge in [0.15, 0.2) is 0 Å². The second kappa shape index (κ2) is 6.83. The summed E-state index contributed by atoms with van der Waals surface area (Å²) in [5.41, 5.74) is 6.11. The highest BCUT2D eigenvalue weighted by atomic mass is 16.1. The van der Waals surface area contributed by atoms with E-state index in [2.05, 4.69) is 36.3 Å². The van der Waals surface area contributed by atoms with E-state index in [9.17, 15) is 4.79 Å². The number of amides is 1. The van der Waals surface area contributed by atoms with Crippen LogP contribution in [-0.2, 0) is 17.6 Å². The number of aromatic nitrogens is 1. The molecule has 3 aromatic rings. The summed E-state index contributed by atoms with van der Waals surface area (Å²) >= 11 is 0. The first kappa shape index (κ1) is 16.2. The van der Waals surface area contributed by atoms with E-state index in [1.807, 2.05) is 43.3 Å². The maximum Gasteiger partial charge on any atom is 0.228 e. The van der Waals surface area contributed by atoms with Crippen LogP contribution in [0.2, 0.25) is 0 Å². The lowest BCUT2D eigenvalue weighted by Crippen LogP contribution is -2.16. The van der Waals surface area contributed by atoms with Gasteiger partial charge in [0.2, 0.25) is 5.91 Å². The smallest absolute Gasteiger partial charge is 0.228 e. The molecule has 3 nitrogen and oxygen atoms in total. The number of nitrogens with zero attached hydrogens (tertiary/aromatic N) is 1. The number of fused-ring (bicyclic) bond motifs is 1. The number of hydrogen-bond donors (Lipinski definition) is 1. The van der Waals surface area contributed by atoms with Gasteiger partial charge in [-0.3, -0.25) is 9.78 Å². The molecule has 1 heterocycles. The van der Waals surface area contributed by atoms with Gasteiger partial charge in [0, 0.05) is 16.8 Å². The van der Waals surface area contributed by atoms with Crippen molar-refractivity contribution in [3.05, 3.63) is 70.9 Å². The van der Waals surface area contributed by atoms with Crippen LogP contribution in [0.15, 0.2) is 48.5 Å². The molecule has 0 unspecified atom stereocenters. The summed E-state index contributed by atoms with van der Waals surface area (Å²) in [6.07, 6.45) is 1.29. The van der Waals surface area contributed by atoms with Crippen molar-refractivity contribution in [1.82, 2.24) is 4.98 Å². The molecule has 0 fully saturated rings. The molecule has 3 rings (SSSR count). The summed E-state index contributed by atoms with van der Waals surface area (Å²) in [7, 11) is 0. The van der Waals surface area contributed by atoms with E-state index in [1.165, 1.54) is 5.56 Å². The second-order valence-corrected chi connectivity index (χ2v) is 6.10. The zero-order valence-corrected chi connectivity index (χ0v) is 14.4. The Morgan fingerprint density at radius 2 is 1.88 bits per heavy atom. The molecule has 0 atom stereocenters. The summed E-state index contributed by atoms with van der Waals surface area (Å²) in [6.45, 7) is 6.14. The topological polar surface area (TPSA) is 42.0 Å². The number of rotatable bonds is 4. The van der Waals surface area contributed by atoms with Crippen LogP contribution < -0.4 is 5.32 Å². The predicted octanol–water partition coefficient (Wildman–Crippen LogP) is 4.60. The van der Waals surface area contributed by atoms with E-state index in [1.54, 1.807) is 0 Å². The lowest BCUT2D eigenvalue weighted by molar-refractivity contribution is -0.115. The van der Waals surface area contributed by atoms with Crippen molar-refractivity contribution in [3.63, 3.8) is 0 Å². The number of nitrogens with one attached hydrogen (secondary N) is 1. The zero-order chi connectivity index (χ0) is 17.1. The molecule has 0 aliphatic rings. The Labute approximate surface area is 142 Å². The van der Waals surface area contributed by atoms with E-state index < -0.39 is 0 Å². The zero-order valence-electron chi connectivity index (χ0n) is 14.4. The van der Waals surface area contributed by atoms with Crippen molar-refractivity contribution < 1.29 is 4.79 Å². The number of anilines is 1. The van der Waals surface area contributed by atoms with Crippen LogP contribution in [0.4, 0.5) is 5.69 Å². The van der Waals surface area contributed by atoms with Crippen LogP contribution in [0.5, 0.6) is 0 Å². The van der Waals surface area contributed by atoms with Crippen LogP contribution in [-0.4, -0.2) is 10.9 Å². The van der Waals surface area contributed by atoms with Crippen molar-refractivity contribution in [1.29, 1.82) is 0 Å². The first-order valence-corrected chi connectivity index (χ1v) is 8.32. The van der Waals surface area contributed by atoms with Gasteiger partial charge in [-0.2, -0.15) is 0 Å². The van der Waals surface area contributed by atoms with E-state index in [0.717, 1.165) is 39.8 Å². The number of hydrogen-bond acceptors (Lipinski definition) is 2. The molecular formula is C21H22N2O. The van der Waals surface area contributed by atoms with Crippen molar-refractivity contribution in [3.8, 4) is 0 Å². The molecule has 3 heteroatoms. The largest absolute Gasteiger partial charge is 0.326 e. The molecule has 0 bridgehead atoms. The molecule has 0 radical (unpaired) electrons. The SMILES string of the molecule is CCc1cccc(NC(=O)Cc2c(C)nc3ccccc3c2C)c1. The molecule has 1 amide bonds. The molecule has 1 N–H and O–H groups in total. The molecular weight excluding hydrogens is 296 g/mol. The number of aryl methyl sites for hydroxylation is 3. The first-order valence-electron chi connectivity index (χ1n) is 8.32. The fraction of sp³-hybridized carbons (Fsp3) is 0.238. The van der Waals surface area contributed by atoms with Gasteiger partial charge < -0.3 is 5.32 Å². The number of para-hydroxylation sites is 1. The Morgan fingerprint density at radius 3 is 2.67 bits per heavy atom. The second-order valence-electron chi connectivity index (χ2n) is 6.10. The summed E-state index contributed by atoms with van der Waals surface area (Å²) in [4.78, 5) is 17.1. The standard InChI is InChI=1S/C21H22N2O/c1-4-16-8-7-9-17(12-16)23-21(24)13-19-14(2)18-10-5-6-11-20(18)22-15(19)3/h5-12H,4,13H2,1-3H3,(H,23,24). The monoisotopic (exact) mass is 318 g/mol. The minimum absolute atomic E-state index is 0.00784. The van der Waals surface area contributed by atoms with Crippen LogP contribution in [0.1, 0.15) is 29.3 Å². The van der Waals surface area contributed by atoms with Gasteiger partial charge >= 0.3 is 0 Å². The van der Waals surface area contributed by atoms with E-state index in [-0.39, 0.29) is 5.91 Å². The van der Waals surface area contributed by atoms with Crippen molar-refractivity contribution in [2.45, 2.75) is 33.6 Å². The molecule has 1 aromatic heterocycles. The number of pyridine rings is 1. The molecule has 0 saturated heterocycles.